The lowest BCUT2D eigenvalue weighted by molar-refractivity contribution is -0.117. The highest BCUT2D eigenvalue weighted by molar-refractivity contribution is 6.31. The Hall–Kier alpha value is -3.38. The summed E-state index contributed by atoms with van der Waals surface area (Å²) in [5.74, 6) is 0.939. The van der Waals surface area contributed by atoms with Gasteiger partial charge >= 0.3 is 0 Å². The van der Waals surface area contributed by atoms with Crippen LogP contribution in [-0.4, -0.2) is 28.6 Å². The van der Waals surface area contributed by atoms with Crippen LogP contribution in [0.4, 0.5) is 10.1 Å². The first-order valence-corrected chi connectivity index (χ1v) is 11.3. The second-order valence-corrected chi connectivity index (χ2v) is 8.63. The van der Waals surface area contributed by atoms with Gasteiger partial charge < -0.3 is 14.2 Å². The van der Waals surface area contributed by atoms with Gasteiger partial charge in [0.25, 0.3) is 0 Å². The van der Waals surface area contributed by atoms with Crippen LogP contribution in [0.25, 0.3) is 11.0 Å². The number of ether oxygens (including phenoxy) is 1. The molecule has 33 heavy (non-hydrogen) atoms. The number of para-hydroxylation sites is 3. The summed E-state index contributed by atoms with van der Waals surface area (Å²) >= 11 is 6.11. The van der Waals surface area contributed by atoms with E-state index in [1.54, 1.807) is 18.2 Å². The zero-order valence-electron chi connectivity index (χ0n) is 18.2. The molecule has 0 radical (unpaired) electrons. The third-order valence-corrected chi connectivity index (χ3v) is 6.45. The number of halogens is 2. The number of carbonyl (C=O) groups excluding carboxylic acids is 1. The van der Waals surface area contributed by atoms with Crippen molar-refractivity contribution in [3.8, 4) is 5.75 Å². The highest BCUT2D eigenvalue weighted by Crippen LogP contribution is 2.34. The Balaban J connectivity index is 1.40. The van der Waals surface area contributed by atoms with E-state index in [0.29, 0.717) is 30.4 Å². The monoisotopic (exact) mass is 463 g/mol. The van der Waals surface area contributed by atoms with E-state index < -0.39 is 5.82 Å². The van der Waals surface area contributed by atoms with Crippen LogP contribution in [0.2, 0.25) is 5.02 Å². The number of imidazole rings is 1. The molecule has 1 fully saturated rings. The van der Waals surface area contributed by atoms with Crippen molar-refractivity contribution < 1.29 is 13.9 Å². The maximum Gasteiger partial charge on any atom is 0.227 e. The smallest absolute Gasteiger partial charge is 0.227 e. The number of aromatic nitrogens is 2. The van der Waals surface area contributed by atoms with Crippen molar-refractivity contribution in [3.05, 3.63) is 89.0 Å². The van der Waals surface area contributed by atoms with Gasteiger partial charge in [0.05, 0.1) is 23.3 Å². The molecule has 2 heterocycles. The first-order valence-electron chi connectivity index (χ1n) is 10.9. The van der Waals surface area contributed by atoms with Crippen LogP contribution in [-0.2, 0) is 11.3 Å². The summed E-state index contributed by atoms with van der Waals surface area (Å²) in [6.07, 6.45) is 0.287. The second kappa shape index (κ2) is 8.87. The number of fused-ring (bicyclic) bond motifs is 1. The molecular weight excluding hydrogens is 441 g/mol. The van der Waals surface area contributed by atoms with Crippen molar-refractivity contribution in [2.75, 3.05) is 18.1 Å². The van der Waals surface area contributed by atoms with Gasteiger partial charge in [-0.05, 0) is 55.0 Å². The number of hydrogen-bond acceptors (Lipinski definition) is 3. The quantitative estimate of drug-likeness (QED) is 0.366. The molecule has 0 unspecified atom stereocenters. The summed E-state index contributed by atoms with van der Waals surface area (Å²) in [6, 6.07) is 19.9. The van der Waals surface area contributed by atoms with Crippen LogP contribution in [0.1, 0.15) is 23.7 Å². The number of rotatable bonds is 6. The predicted octanol–water partition coefficient (Wildman–Crippen LogP) is 5.74. The highest BCUT2D eigenvalue weighted by Gasteiger charge is 2.35. The van der Waals surface area contributed by atoms with Gasteiger partial charge in [0.15, 0.2) is 0 Å². The molecule has 1 saturated heterocycles. The Morgan fingerprint density at radius 2 is 1.91 bits per heavy atom. The van der Waals surface area contributed by atoms with Gasteiger partial charge in [-0.25, -0.2) is 9.37 Å². The maximum atomic E-state index is 14.3. The average molecular weight is 464 g/mol. The van der Waals surface area contributed by atoms with Crippen LogP contribution in [0, 0.1) is 12.7 Å². The second-order valence-electron chi connectivity index (χ2n) is 8.23. The van der Waals surface area contributed by atoms with Crippen molar-refractivity contribution in [1.29, 1.82) is 0 Å². The molecule has 5 rings (SSSR count). The van der Waals surface area contributed by atoms with Gasteiger partial charge in [0, 0.05) is 23.9 Å². The minimum absolute atomic E-state index is 0.100. The Morgan fingerprint density at radius 3 is 2.73 bits per heavy atom. The molecule has 7 heteroatoms. The van der Waals surface area contributed by atoms with Crippen LogP contribution in [0.5, 0.6) is 5.75 Å². The van der Waals surface area contributed by atoms with Crippen LogP contribution in [0.15, 0.2) is 66.7 Å². The van der Waals surface area contributed by atoms with Crippen molar-refractivity contribution in [3.63, 3.8) is 0 Å². The van der Waals surface area contributed by atoms with E-state index >= 15 is 0 Å². The molecule has 0 saturated carbocycles. The Labute approximate surface area is 196 Å². The van der Waals surface area contributed by atoms with E-state index in [9.17, 15) is 9.18 Å². The molecule has 0 aliphatic carbocycles. The van der Waals surface area contributed by atoms with Gasteiger partial charge in [-0.3, -0.25) is 4.79 Å². The fraction of sp³-hybridized carbons (Fsp3) is 0.231. The average Bonchev–Trinajstić information content (AvgIpc) is 3.37. The molecule has 1 aliphatic rings. The maximum absolute atomic E-state index is 14.3. The number of nitrogens with zero attached hydrogens (tertiary/aromatic N) is 3. The standard InChI is InChI=1S/C26H23ClFN3O2/c1-17-14-19(10-11-20(17)27)33-13-12-30-24-9-5-3-7-22(24)29-26(30)18-15-25(32)31(16-18)23-8-4-2-6-21(23)28/h2-11,14,18H,12-13,15-16H2,1H3/t18-/m1/s1. The van der Waals surface area contributed by atoms with Crippen molar-refractivity contribution in [2.24, 2.45) is 0 Å². The highest BCUT2D eigenvalue weighted by atomic mass is 35.5. The number of aryl methyl sites for hydroxylation is 1. The molecular formula is C26H23ClFN3O2. The zero-order valence-corrected chi connectivity index (χ0v) is 18.9. The third-order valence-electron chi connectivity index (χ3n) is 6.03. The summed E-state index contributed by atoms with van der Waals surface area (Å²) in [5, 5.41) is 0.704. The summed E-state index contributed by atoms with van der Waals surface area (Å²) in [6.45, 7) is 3.34. The first kappa shape index (κ1) is 21.5. The molecule has 1 aromatic heterocycles. The molecule has 4 aromatic rings. The lowest BCUT2D eigenvalue weighted by atomic mass is 10.1. The Kier molecular flexibility index (Phi) is 5.77. The minimum Gasteiger partial charge on any atom is -0.492 e. The van der Waals surface area contributed by atoms with Crippen LogP contribution >= 0.6 is 11.6 Å². The molecule has 0 spiro atoms. The van der Waals surface area contributed by atoms with E-state index in [1.165, 1.54) is 11.0 Å². The lowest BCUT2D eigenvalue weighted by Gasteiger charge is -2.18. The number of benzene rings is 3. The van der Waals surface area contributed by atoms with E-state index in [-0.39, 0.29) is 18.2 Å². The molecule has 168 valence electrons. The first-order chi connectivity index (χ1) is 16.0. The molecule has 5 nitrogen and oxygen atoms in total. The molecule has 1 aliphatic heterocycles. The van der Waals surface area contributed by atoms with Crippen molar-refractivity contribution in [1.82, 2.24) is 9.55 Å². The molecule has 3 aromatic carbocycles. The van der Waals surface area contributed by atoms with Gasteiger partial charge in [0.2, 0.25) is 5.91 Å². The molecule has 0 N–H and O–H groups in total. The van der Waals surface area contributed by atoms with Crippen molar-refractivity contribution >= 4 is 34.2 Å². The molecule has 1 atom stereocenters. The minimum atomic E-state index is -0.397. The van der Waals surface area contributed by atoms with E-state index in [1.807, 2.05) is 49.4 Å². The molecule has 1 amide bonds. The SMILES string of the molecule is Cc1cc(OCCn2c([C@@H]3CC(=O)N(c4ccccc4F)C3)nc3ccccc32)ccc1Cl. The lowest BCUT2D eigenvalue weighted by Crippen LogP contribution is -2.25. The summed E-state index contributed by atoms with van der Waals surface area (Å²) in [7, 11) is 0. The van der Waals surface area contributed by atoms with Crippen molar-refractivity contribution in [2.45, 2.75) is 25.8 Å². The van der Waals surface area contributed by atoms with Crippen LogP contribution < -0.4 is 9.64 Å². The number of anilines is 1. The number of carbonyl (C=O) groups is 1. The predicted molar refractivity (Wildman–Crippen MR) is 128 cm³/mol. The van der Waals surface area contributed by atoms with E-state index in [0.717, 1.165) is 28.2 Å². The zero-order chi connectivity index (χ0) is 22.9. The number of hydrogen-bond donors (Lipinski definition) is 0. The fourth-order valence-corrected chi connectivity index (χ4v) is 4.50. The largest absolute Gasteiger partial charge is 0.492 e. The Morgan fingerprint density at radius 1 is 1.12 bits per heavy atom. The van der Waals surface area contributed by atoms with Gasteiger partial charge in [0.1, 0.15) is 24.0 Å². The Bertz CT molecular complexity index is 1340. The molecule has 0 bridgehead atoms. The summed E-state index contributed by atoms with van der Waals surface area (Å²) < 4.78 is 22.4. The topological polar surface area (TPSA) is 47.4 Å². The van der Waals surface area contributed by atoms with Gasteiger partial charge in [-0.15, -0.1) is 0 Å². The van der Waals surface area contributed by atoms with Crippen LogP contribution in [0.3, 0.4) is 0 Å². The fourth-order valence-electron chi connectivity index (χ4n) is 4.39. The third kappa shape index (κ3) is 4.18. The van der Waals surface area contributed by atoms with Gasteiger partial charge in [-0.2, -0.15) is 0 Å². The van der Waals surface area contributed by atoms with E-state index in [4.69, 9.17) is 21.3 Å². The summed E-state index contributed by atoms with van der Waals surface area (Å²) in [5.41, 5.74) is 3.13. The normalized spacial score (nSPS) is 16.0. The number of amides is 1. The van der Waals surface area contributed by atoms with Gasteiger partial charge in [-0.1, -0.05) is 35.9 Å². The van der Waals surface area contributed by atoms with E-state index in [2.05, 4.69) is 4.57 Å². The summed E-state index contributed by atoms with van der Waals surface area (Å²) in [4.78, 5) is 19.2.